The Morgan fingerprint density at radius 2 is 1.92 bits per heavy atom. The van der Waals surface area contributed by atoms with E-state index in [-0.39, 0.29) is 11.3 Å². The van der Waals surface area contributed by atoms with E-state index in [0.29, 0.717) is 6.42 Å². The summed E-state index contributed by atoms with van der Waals surface area (Å²) in [6.07, 6.45) is 5.30. The third kappa shape index (κ3) is 6.20. The number of unbranched alkanes of at least 4 members (excludes halogenated alkanes) is 2. The molecular weight excluding hydrogens is 150 g/mol. The van der Waals surface area contributed by atoms with E-state index in [9.17, 15) is 4.79 Å². The number of primary amides is 1. The Kier molecular flexibility index (Phi) is 4.95. The van der Waals surface area contributed by atoms with E-state index in [4.69, 9.17) is 5.73 Å². The molecule has 0 aliphatic heterocycles. The number of rotatable bonds is 6. The van der Waals surface area contributed by atoms with Gasteiger partial charge < -0.3 is 5.73 Å². The monoisotopic (exact) mass is 171 g/mol. The number of amides is 1. The Labute approximate surface area is 75.5 Å². The summed E-state index contributed by atoms with van der Waals surface area (Å²) in [5.74, 6) is -0.184. The Balaban J connectivity index is 3.63. The molecule has 0 rings (SSSR count). The van der Waals surface area contributed by atoms with Gasteiger partial charge in [-0.1, -0.05) is 40.0 Å². The van der Waals surface area contributed by atoms with Crippen LogP contribution in [0.1, 0.15) is 52.9 Å². The quantitative estimate of drug-likeness (QED) is 0.613. The highest BCUT2D eigenvalue weighted by Crippen LogP contribution is 2.27. The van der Waals surface area contributed by atoms with Gasteiger partial charge in [0.15, 0.2) is 0 Å². The van der Waals surface area contributed by atoms with Crippen molar-refractivity contribution in [3.8, 4) is 0 Å². The number of carbonyl (C=O) groups excluding carboxylic acids is 1. The van der Waals surface area contributed by atoms with Gasteiger partial charge in [0.1, 0.15) is 0 Å². The van der Waals surface area contributed by atoms with Crippen LogP contribution < -0.4 is 5.73 Å². The molecule has 0 saturated heterocycles. The zero-order valence-corrected chi connectivity index (χ0v) is 8.52. The summed E-state index contributed by atoms with van der Waals surface area (Å²) in [5.41, 5.74) is 5.24. The van der Waals surface area contributed by atoms with Gasteiger partial charge in [-0.2, -0.15) is 0 Å². The summed E-state index contributed by atoms with van der Waals surface area (Å²) in [6.45, 7) is 6.39. The minimum absolute atomic E-state index is 0.0982. The first-order valence-corrected chi connectivity index (χ1v) is 4.76. The Hall–Kier alpha value is -0.530. The summed E-state index contributed by atoms with van der Waals surface area (Å²) in [4.78, 5) is 10.7. The highest BCUT2D eigenvalue weighted by atomic mass is 16.1. The maximum Gasteiger partial charge on any atom is 0.217 e. The van der Waals surface area contributed by atoms with Crippen LogP contribution in [0.15, 0.2) is 0 Å². The second kappa shape index (κ2) is 5.18. The van der Waals surface area contributed by atoms with Crippen molar-refractivity contribution in [2.75, 3.05) is 0 Å². The van der Waals surface area contributed by atoms with Crippen LogP contribution in [0.3, 0.4) is 0 Å². The zero-order chi connectivity index (χ0) is 9.61. The van der Waals surface area contributed by atoms with Crippen LogP contribution in [0.2, 0.25) is 0 Å². The molecule has 0 aliphatic rings. The molecule has 2 N–H and O–H groups in total. The van der Waals surface area contributed by atoms with Crippen molar-refractivity contribution in [2.45, 2.75) is 52.9 Å². The van der Waals surface area contributed by atoms with Gasteiger partial charge in [0, 0.05) is 6.42 Å². The van der Waals surface area contributed by atoms with Crippen molar-refractivity contribution in [2.24, 2.45) is 11.1 Å². The van der Waals surface area contributed by atoms with Gasteiger partial charge in [0.2, 0.25) is 5.91 Å². The Morgan fingerprint density at radius 3 is 2.33 bits per heavy atom. The standard InChI is InChI=1S/C10H21NO/c1-4-5-6-7-10(2,3)8-9(11)12/h4-8H2,1-3H3,(H2,11,12). The van der Waals surface area contributed by atoms with Gasteiger partial charge in [0.25, 0.3) is 0 Å². The molecule has 2 heteroatoms. The fourth-order valence-corrected chi connectivity index (χ4v) is 1.41. The maximum absolute atomic E-state index is 10.7. The number of hydrogen-bond donors (Lipinski definition) is 1. The third-order valence-corrected chi connectivity index (χ3v) is 2.11. The third-order valence-electron chi connectivity index (χ3n) is 2.11. The van der Waals surface area contributed by atoms with Gasteiger partial charge in [-0.25, -0.2) is 0 Å². The molecule has 2 nitrogen and oxygen atoms in total. The van der Waals surface area contributed by atoms with Crippen molar-refractivity contribution in [3.63, 3.8) is 0 Å². The van der Waals surface area contributed by atoms with E-state index in [1.165, 1.54) is 19.3 Å². The van der Waals surface area contributed by atoms with Crippen LogP contribution in [0.25, 0.3) is 0 Å². The molecular formula is C10H21NO. The second-order valence-corrected chi connectivity index (χ2v) is 4.26. The predicted octanol–water partition coefficient (Wildman–Crippen LogP) is 2.47. The summed E-state index contributed by atoms with van der Waals surface area (Å²) < 4.78 is 0. The van der Waals surface area contributed by atoms with Crippen LogP contribution in [-0.4, -0.2) is 5.91 Å². The molecule has 0 heterocycles. The molecule has 0 saturated carbocycles. The first kappa shape index (κ1) is 11.5. The highest BCUT2D eigenvalue weighted by molar-refractivity contribution is 5.74. The molecule has 0 spiro atoms. The Morgan fingerprint density at radius 1 is 1.33 bits per heavy atom. The summed E-state index contributed by atoms with van der Waals surface area (Å²) in [7, 11) is 0. The van der Waals surface area contributed by atoms with Gasteiger partial charge in [0.05, 0.1) is 0 Å². The van der Waals surface area contributed by atoms with E-state index in [0.717, 1.165) is 6.42 Å². The molecule has 0 aromatic rings. The smallest absolute Gasteiger partial charge is 0.217 e. The maximum atomic E-state index is 10.7. The average Bonchev–Trinajstić information content (AvgIpc) is 1.84. The van der Waals surface area contributed by atoms with Crippen molar-refractivity contribution in [3.05, 3.63) is 0 Å². The molecule has 0 aromatic carbocycles. The first-order valence-electron chi connectivity index (χ1n) is 4.76. The highest BCUT2D eigenvalue weighted by Gasteiger charge is 2.19. The minimum Gasteiger partial charge on any atom is -0.370 e. The summed E-state index contributed by atoms with van der Waals surface area (Å²) in [6, 6.07) is 0. The number of carbonyl (C=O) groups is 1. The van der Waals surface area contributed by atoms with Gasteiger partial charge in [-0.15, -0.1) is 0 Å². The van der Waals surface area contributed by atoms with Crippen molar-refractivity contribution in [1.29, 1.82) is 0 Å². The molecule has 12 heavy (non-hydrogen) atoms. The molecule has 72 valence electrons. The number of hydrogen-bond acceptors (Lipinski definition) is 1. The lowest BCUT2D eigenvalue weighted by Crippen LogP contribution is -2.22. The molecule has 0 aliphatic carbocycles. The van der Waals surface area contributed by atoms with E-state index >= 15 is 0 Å². The summed E-state index contributed by atoms with van der Waals surface area (Å²) in [5, 5.41) is 0. The fraction of sp³-hybridized carbons (Fsp3) is 0.900. The molecule has 0 aromatic heterocycles. The minimum atomic E-state index is -0.184. The molecule has 0 bridgehead atoms. The predicted molar refractivity (Wildman–Crippen MR) is 51.7 cm³/mol. The Bertz CT molecular complexity index is 141. The normalized spacial score (nSPS) is 11.6. The van der Waals surface area contributed by atoms with E-state index < -0.39 is 0 Å². The summed E-state index contributed by atoms with van der Waals surface area (Å²) >= 11 is 0. The molecule has 0 atom stereocenters. The van der Waals surface area contributed by atoms with Gasteiger partial charge in [-0.05, 0) is 11.8 Å². The van der Waals surface area contributed by atoms with Crippen LogP contribution in [-0.2, 0) is 4.79 Å². The average molecular weight is 171 g/mol. The van der Waals surface area contributed by atoms with Crippen LogP contribution in [0.4, 0.5) is 0 Å². The largest absolute Gasteiger partial charge is 0.370 e. The lowest BCUT2D eigenvalue weighted by molar-refractivity contribution is -0.119. The molecule has 0 radical (unpaired) electrons. The van der Waals surface area contributed by atoms with E-state index in [1.807, 2.05) is 0 Å². The molecule has 0 fully saturated rings. The van der Waals surface area contributed by atoms with Crippen molar-refractivity contribution in [1.82, 2.24) is 0 Å². The van der Waals surface area contributed by atoms with Crippen molar-refractivity contribution < 1.29 is 4.79 Å². The zero-order valence-electron chi connectivity index (χ0n) is 8.52. The molecule has 0 unspecified atom stereocenters. The topological polar surface area (TPSA) is 43.1 Å². The van der Waals surface area contributed by atoms with Crippen LogP contribution >= 0.6 is 0 Å². The van der Waals surface area contributed by atoms with Crippen LogP contribution in [0.5, 0.6) is 0 Å². The lowest BCUT2D eigenvalue weighted by atomic mass is 9.83. The second-order valence-electron chi connectivity index (χ2n) is 4.26. The molecule has 1 amide bonds. The van der Waals surface area contributed by atoms with Crippen LogP contribution in [0, 0.1) is 5.41 Å². The van der Waals surface area contributed by atoms with E-state index in [1.54, 1.807) is 0 Å². The lowest BCUT2D eigenvalue weighted by Gasteiger charge is -2.22. The SMILES string of the molecule is CCCCCC(C)(C)CC(N)=O. The van der Waals surface area contributed by atoms with Gasteiger partial charge in [-0.3, -0.25) is 4.79 Å². The van der Waals surface area contributed by atoms with Crippen molar-refractivity contribution >= 4 is 5.91 Å². The van der Waals surface area contributed by atoms with Gasteiger partial charge >= 0.3 is 0 Å². The number of nitrogens with two attached hydrogens (primary N) is 1. The first-order chi connectivity index (χ1) is 5.48. The van der Waals surface area contributed by atoms with E-state index in [2.05, 4.69) is 20.8 Å². The fourth-order valence-electron chi connectivity index (χ4n) is 1.41.